The summed E-state index contributed by atoms with van der Waals surface area (Å²) in [4.78, 5) is 14.3. The molecule has 0 aromatic rings. The quantitative estimate of drug-likeness (QED) is 0.224. The van der Waals surface area contributed by atoms with Crippen LogP contribution >= 0.6 is 0 Å². The summed E-state index contributed by atoms with van der Waals surface area (Å²) in [5, 5.41) is 12.3. The maximum Gasteiger partial charge on any atom is 0.333 e. The number of hydrogen-bond donors (Lipinski definition) is 1. The lowest BCUT2D eigenvalue weighted by Crippen LogP contribution is -2.44. The Kier molecular flexibility index (Phi) is 6.78. The summed E-state index contributed by atoms with van der Waals surface area (Å²) in [5.74, 6) is -0.645. The third-order valence-corrected chi connectivity index (χ3v) is 3.40. The number of esters is 1. The third kappa shape index (κ3) is 5.28. The molecule has 0 heterocycles. The minimum Gasteiger partial charge on any atom is -0.466 e. The summed E-state index contributed by atoms with van der Waals surface area (Å²) in [6.45, 7) is -0.419. The van der Waals surface area contributed by atoms with Gasteiger partial charge in [0.05, 0.1) is 32.6 Å². The van der Waals surface area contributed by atoms with Crippen molar-refractivity contribution in [3.8, 4) is 0 Å². The summed E-state index contributed by atoms with van der Waals surface area (Å²) in [6.07, 6.45) is 0.0328. The zero-order valence-electron chi connectivity index (χ0n) is 12.1. The topological polar surface area (TPSA) is 148 Å². The molecule has 22 heavy (non-hydrogen) atoms. The fourth-order valence-electron chi connectivity index (χ4n) is 2.03. The molecule has 11 heteroatoms. The van der Waals surface area contributed by atoms with Crippen molar-refractivity contribution in [3.63, 3.8) is 0 Å². The van der Waals surface area contributed by atoms with Gasteiger partial charge in [0.15, 0.2) is 0 Å². The van der Waals surface area contributed by atoms with Crippen molar-refractivity contribution in [2.24, 2.45) is 5.11 Å². The summed E-state index contributed by atoms with van der Waals surface area (Å²) >= 11 is 0. The summed E-state index contributed by atoms with van der Waals surface area (Å²) in [7, 11) is -2.66. The molecule has 10 nitrogen and oxygen atoms in total. The van der Waals surface area contributed by atoms with Gasteiger partial charge in [-0.05, 0) is 18.0 Å². The molecule has 0 aliphatic heterocycles. The van der Waals surface area contributed by atoms with Gasteiger partial charge in [-0.1, -0.05) is 5.11 Å². The standard InChI is InChI=1S/C11H17N3O7S/c1-19-11(16)7-5-8(13-14-12)10(21-22(2,17)18)9(6-7)20-4-3-15/h6,8-10,15H,3-5H2,1-2H3/t8-,9-,10+/m1/s1. The van der Waals surface area contributed by atoms with Gasteiger partial charge in [-0.2, -0.15) is 8.42 Å². The molecule has 1 N–H and O–H groups in total. The number of nitrogens with zero attached hydrogens (tertiary/aromatic N) is 3. The second-order valence-electron chi connectivity index (χ2n) is 4.48. The van der Waals surface area contributed by atoms with Gasteiger partial charge < -0.3 is 14.6 Å². The average molecular weight is 335 g/mol. The Morgan fingerprint density at radius 3 is 2.77 bits per heavy atom. The number of azide groups is 1. The van der Waals surface area contributed by atoms with E-state index < -0.39 is 34.3 Å². The molecule has 0 bridgehead atoms. The van der Waals surface area contributed by atoms with Gasteiger partial charge in [-0.3, -0.25) is 4.18 Å². The maximum absolute atomic E-state index is 11.6. The maximum atomic E-state index is 11.6. The highest BCUT2D eigenvalue weighted by atomic mass is 32.2. The first-order chi connectivity index (χ1) is 10.3. The lowest BCUT2D eigenvalue weighted by molar-refractivity contribution is -0.136. The lowest BCUT2D eigenvalue weighted by Gasteiger charge is -2.32. The second kappa shape index (κ2) is 8.11. The molecule has 1 aliphatic rings. The number of aliphatic hydroxyl groups is 1. The molecule has 0 radical (unpaired) electrons. The minimum atomic E-state index is -3.85. The molecule has 3 atom stereocenters. The van der Waals surface area contributed by atoms with Crippen LogP contribution in [-0.2, 0) is 28.6 Å². The fourth-order valence-corrected chi connectivity index (χ4v) is 2.67. The van der Waals surface area contributed by atoms with Crippen molar-refractivity contribution in [3.05, 3.63) is 22.1 Å². The highest BCUT2D eigenvalue weighted by molar-refractivity contribution is 7.86. The van der Waals surface area contributed by atoms with Gasteiger partial charge in [-0.25, -0.2) is 4.79 Å². The molecule has 0 aromatic carbocycles. The van der Waals surface area contributed by atoms with Crippen LogP contribution in [0.25, 0.3) is 10.4 Å². The number of rotatable bonds is 7. The van der Waals surface area contributed by atoms with Crippen molar-refractivity contribution < 1.29 is 32.0 Å². The first-order valence-electron chi connectivity index (χ1n) is 6.26. The van der Waals surface area contributed by atoms with Crippen LogP contribution < -0.4 is 0 Å². The molecule has 1 aliphatic carbocycles. The molecule has 0 fully saturated rings. The molecular weight excluding hydrogens is 318 g/mol. The predicted octanol–water partition coefficient (Wildman–Crippen LogP) is -0.109. The van der Waals surface area contributed by atoms with Gasteiger partial charge in [-0.15, -0.1) is 0 Å². The third-order valence-electron chi connectivity index (χ3n) is 2.83. The Morgan fingerprint density at radius 1 is 1.59 bits per heavy atom. The van der Waals surface area contributed by atoms with E-state index >= 15 is 0 Å². The van der Waals surface area contributed by atoms with Crippen molar-refractivity contribution in [1.29, 1.82) is 0 Å². The van der Waals surface area contributed by atoms with E-state index in [2.05, 4.69) is 14.8 Å². The van der Waals surface area contributed by atoms with E-state index in [1.165, 1.54) is 13.2 Å². The molecule has 124 valence electrons. The smallest absolute Gasteiger partial charge is 0.333 e. The Labute approximate surface area is 127 Å². The van der Waals surface area contributed by atoms with Crippen molar-refractivity contribution >= 4 is 16.1 Å². The summed E-state index contributed by atoms with van der Waals surface area (Å²) in [5.41, 5.74) is 8.79. The van der Waals surface area contributed by atoms with Crippen LogP contribution in [0, 0.1) is 0 Å². The van der Waals surface area contributed by atoms with Crippen LogP contribution in [0.3, 0.4) is 0 Å². The monoisotopic (exact) mass is 335 g/mol. The largest absolute Gasteiger partial charge is 0.466 e. The highest BCUT2D eigenvalue weighted by Crippen LogP contribution is 2.28. The van der Waals surface area contributed by atoms with Gasteiger partial charge in [0, 0.05) is 10.5 Å². The molecule has 1 rings (SSSR count). The van der Waals surface area contributed by atoms with E-state index in [0.29, 0.717) is 0 Å². The van der Waals surface area contributed by atoms with Gasteiger partial charge in [0.2, 0.25) is 0 Å². The normalized spacial score (nSPS) is 25.0. The van der Waals surface area contributed by atoms with E-state index in [-0.39, 0.29) is 25.2 Å². The van der Waals surface area contributed by atoms with E-state index in [1.807, 2.05) is 0 Å². The Balaban J connectivity index is 3.17. The zero-order chi connectivity index (χ0) is 16.8. The molecule has 0 unspecified atom stereocenters. The van der Waals surface area contributed by atoms with E-state index in [9.17, 15) is 13.2 Å². The van der Waals surface area contributed by atoms with Crippen LogP contribution in [0.5, 0.6) is 0 Å². The second-order valence-corrected chi connectivity index (χ2v) is 6.08. The Morgan fingerprint density at radius 2 is 2.27 bits per heavy atom. The molecule has 0 saturated heterocycles. The predicted molar refractivity (Wildman–Crippen MR) is 74.2 cm³/mol. The first kappa shape index (κ1) is 18.4. The van der Waals surface area contributed by atoms with E-state index in [1.54, 1.807) is 0 Å². The SMILES string of the molecule is COC(=O)C1=C[C@@H](OCCO)[C@@H](OS(C)(=O)=O)[C@H](N=[N+]=[N-])C1. The van der Waals surface area contributed by atoms with Crippen LogP contribution in [0.15, 0.2) is 16.8 Å². The molecular formula is C11H17N3O7S. The number of ether oxygens (including phenoxy) is 2. The van der Waals surface area contributed by atoms with Crippen molar-refractivity contribution in [1.82, 2.24) is 0 Å². The molecule has 0 aromatic heterocycles. The zero-order valence-corrected chi connectivity index (χ0v) is 12.9. The molecule has 0 saturated carbocycles. The number of carbonyl (C=O) groups excluding carboxylic acids is 1. The van der Waals surface area contributed by atoms with Crippen LogP contribution in [0.2, 0.25) is 0 Å². The lowest BCUT2D eigenvalue weighted by atomic mass is 9.90. The fraction of sp³-hybridized carbons (Fsp3) is 0.727. The number of carbonyl (C=O) groups is 1. The molecule has 0 spiro atoms. The minimum absolute atomic E-state index is 0.0457. The van der Waals surface area contributed by atoms with Crippen LogP contribution in [0.1, 0.15) is 6.42 Å². The highest BCUT2D eigenvalue weighted by Gasteiger charge is 2.38. The summed E-state index contributed by atoms with van der Waals surface area (Å²) < 4.78 is 37.5. The van der Waals surface area contributed by atoms with Crippen molar-refractivity contribution in [2.75, 3.05) is 26.6 Å². The molecule has 0 amide bonds. The first-order valence-corrected chi connectivity index (χ1v) is 8.08. The van der Waals surface area contributed by atoms with Gasteiger partial charge in [0.1, 0.15) is 12.2 Å². The summed E-state index contributed by atoms with van der Waals surface area (Å²) in [6, 6.07) is -0.970. The van der Waals surface area contributed by atoms with Gasteiger partial charge >= 0.3 is 5.97 Å². The Hall–Kier alpha value is -1.65. The van der Waals surface area contributed by atoms with Crippen LogP contribution in [0.4, 0.5) is 0 Å². The van der Waals surface area contributed by atoms with Gasteiger partial charge in [0.25, 0.3) is 10.1 Å². The Bertz CT molecular complexity index is 582. The number of methoxy groups -OCH3 is 1. The number of aliphatic hydroxyl groups excluding tert-OH is 1. The van der Waals surface area contributed by atoms with Crippen LogP contribution in [-0.4, -0.2) is 64.3 Å². The average Bonchev–Trinajstić information content (AvgIpc) is 2.45. The van der Waals surface area contributed by atoms with E-state index in [4.69, 9.17) is 19.6 Å². The van der Waals surface area contributed by atoms with Crippen molar-refractivity contribution in [2.45, 2.75) is 24.7 Å². The van der Waals surface area contributed by atoms with E-state index in [0.717, 1.165) is 6.26 Å². The number of hydrogen-bond acceptors (Lipinski definition) is 8.